The fourth-order valence-corrected chi connectivity index (χ4v) is 1.31. The van der Waals surface area contributed by atoms with Gasteiger partial charge in [0.2, 0.25) is 0 Å². The van der Waals surface area contributed by atoms with E-state index in [1.54, 1.807) is 0 Å². The van der Waals surface area contributed by atoms with Crippen molar-refractivity contribution in [2.75, 3.05) is 0 Å². The summed E-state index contributed by atoms with van der Waals surface area (Å²) in [5.74, 6) is 1.02. The maximum atomic E-state index is 4.34. The zero-order valence-corrected chi connectivity index (χ0v) is 6.02. The number of aryl methyl sites for hydroxylation is 2. The average molecular weight is 134 g/mol. The lowest BCUT2D eigenvalue weighted by molar-refractivity contribution is 0.938. The molecule has 0 amide bonds. The van der Waals surface area contributed by atoms with Crippen LogP contribution in [0.5, 0.6) is 0 Å². The molecule has 0 saturated carbocycles. The third kappa shape index (κ3) is 0.764. The quantitative estimate of drug-likeness (QED) is 0.574. The van der Waals surface area contributed by atoms with E-state index in [9.17, 15) is 0 Å². The van der Waals surface area contributed by atoms with Crippen LogP contribution in [0.4, 0.5) is 0 Å². The number of hydrogen-bond acceptors (Lipinski definition) is 1. The predicted molar refractivity (Wildman–Crippen MR) is 40.7 cm³/mol. The van der Waals surface area contributed by atoms with E-state index >= 15 is 0 Å². The molecule has 0 unspecified atom stereocenters. The molecule has 1 aromatic heterocycles. The van der Waals surface area contributed by atoms with Crippen molar-refractivity contribution < 1.29 is 0 Å². The first kappa shape index (κ1) is 5.71. The summed E-state index contributed by atoms with van der Waals surface area (Å²) in [7, 11) is 0. The highest BCUT2D eigenvalue weighted by Crippen LogP contribution is 2.15. The summed E-state index contributed by atoms with van der Waals surface area (Å²) in [5.41, 5.74) is 2.42. The van der Waals surface area contributed by atoms with Crippen LogP contribution in [-0.4, -0.2) is 9.97 Å². The third-order valence-electron chi connectivity index (χ3n) is 1.76. The van der Waals surface area contributed by atoms with E-state index in [-0.39, 0.29) is 0 Å². The monoisotopic (exact) mass is 134 g/mol. The van der Waals surface area contributed by atoms with Gasteiger partial charge >= 0.3 is 0 Å². The number of fused-ring (bicyclic) bond motifs is 1. The number of H-pyrrole nitrogens is 1. The lowest BCUT2D eigenvalue weighted by atomic mass is 10.1. The van der Waals surface area contributed by atoms with Gasteiger partial charge in [-0.3, -0.25) is 0 Å². The molecule has 2 heteroatoms. The molecule has 2 nitrogen and oxygen atoms in total. The summed E-state index contributed by atoms with van der Waals surface area (Å²) in [6, 6.07) is 0. The zero-order valence-electron chi connectivity index (χ0n) is 6.02. The molecule has 1 aliphatic carbocycles. The molecule has 0 atom stereocenters. The normalized spacial score (nSPS) is 15.3. The van der Waals surface area contributed by atoms with Gasteiger partial charge in [0, 0.05) is 0 Å². The van der Waals surface area contributed by atoms with Gasteiger partial charge in [0.15, 0.2) is 0 Å². The predicted octanol–water partition coefficient (Wildman–Crippen LogP) is 1.68. The molecule has 0 aliphatic heterocycles. The Bertz CT molecular complexity index is 271. The van der Waals surface area contributed by atoms with E-state index in [0.717, 1.165) is 18.7 Å². The van der Waals surface area contributed by atoms with Gasteiger partial charge in [0.25, 0.3) is 0 Å². The minimum absolute atomic E-state index is 1.02. The second-order valence-electron chi connectivity index (χ2n) is 2.62. The summed E-state index contributed by atoms with van der Waals surface area (Å²) < 4.78 is 0. The Labute approximate surface area is 60.0 Å². The van der Waals surface area contributed by atoms with Crippen LogP contribution < -0.4 is 0 Å². The highest BCUT2D eigenvalue weighted by molar-refractivity contribution is 5.50. The molecular weight excluding hydrogens is 124 g/mol. The van der Waals surface area contributed by atoms with Crippen molar-refractivity contribution in [1.82, 2.24) is 9.97 Å². The summed E-state index contributed by atoms with van der Waals surface area (Å²) in [6.45, 7) is 1.99. The maximum absolute atomic E-state index is 4.34. The number of rotatable bonds is 0. The molecule has 0 aromatic carbocycles. The minimum atomic E-state index is 1.02. The molecule has 2 rings (SSSR count). The molecule has 0 saturated heterocycles. The first-order valence-electron chi connectivity index (χ1n) is 3.58. The number of aromatic amines is 1. The number of aromatic nitrogens is 2. The Hall–Kier alpha value is -1.05. The summed E-state index contributed by atoms with van der Waals surface area (Å²) in [5, 5.41) is 0. The Morgan fingerprint density at radius 1 is 1.60 bits per heavy atom. The third-order valence-corrected chi connectivity index (χ3v) is 1.76. The molecule has 0 radical (unpaired) electrons. The highest BCUT2D eigenvalue weighted by atomic mass is 14.9. The first-order chi connectivity index (χ1) is 4.86. The second kappa shape index (κ2) is 1.97. The standard InChI is InChI=1S/C8H10N2/c1-6-9-7-4-2-3-5-8(7)10-6/h2,4H,3,5H2,1H3,(H,9,10). The van der Waals surface area contributed by atoms with E-state index in [1.165, 1.54) is 11.4 Å². The minimum Gasteiger partial charge on any atom is -0.343 e. The Kier molecular flexibility index (Phi) is 1.13. The largest absolute Gasteiger partial charge is 0.343 e. The smallest absolute Gasteiger partial charge is 0.103 e. The van der Waals surface area contributed by atoms with Crippen molar-refractivity contribution in [3.63, 3.8) is 0 Å². The lowest BCUT2D eigenvalue weighted by Gasteiger charge is -1.99. The Morgan fingerprint density at radius 2 is 2.50 bits per heavy atom. The Morgan fingerprint density at radius 3 is 3.30 bits per heavy atom. The van der Waals surface area contributed by atoms with Gasteiger partial charge in [-0.25, -0.2) is 4.98 Å². The van der Waals surface area contributed by atoms with Crippen LogP contribution in [0.2, 0.25) is 0 Å². The van der Waals surface area contributed by atoms with Gasteiger partial charge in [0.05, 0.1) is 11.4 Å². The van der Waals surface area contributed by atoms with E-state index in [4.69, 9.17) is 0 Å². The first-order valence-corrected chi connectivity index (χ1v) is 3.58. The molecule has 1 heterocycles. The van der Waals surface area contributed by atoms with Crippen molar-refractivity contribution in [2.45, 2.75) is 19.8 Å². The number of nitrogens with one attached hydrogen (secondary N) is 1. The Balaban J connectivity index is 2.53. The van der Waals surface area contributed by atoms with Crippen LogP contribution in [0.1, 0.15) is 23.6 Å². The van der Waals surface area contributed by atoms with E-state index in [2.05, 4.69) is 22.1 Å². The van der Waals surface area contributed by atoms with Gasteiger partial charge < -0.3 is 4.98 Å². The molecule has 10 heavy (non-hydrogen) atoms. The molecule has 0 bridgehead atoms. The number of allylic oxidation sites excluding steroid dienone is 1. The average Bonchev–Trinajstić information content (AvgIpc) is 2.27. The van der Waals surface area contributed by atoms with Crippen LogP contribution in [0.15, 0.2) is 6.08 Å². The van der Waals surface area contributed by atoms with Crippen LogP contribution >= 0.6 is 0 Å². The van der Waals surface area contributed by atoms with Crippen LogP contribution in [0, 0.1) is 6.92 Å². The lowest BCUT2D eigenvalue weighted by Crippen LogP contribution is -1.91. The van der Waals surface area contributed by atoms with Crippen molar-refractivity contribution >= 4 is 6.08 Å². The zero-order chi connectivity index (χ0) is 6.97. The van der Waals surface area contributed by atoms with Gasteiger partial charge in [-0.1, -0.05) is 6.08 Å². The summed E-state index contributed by atoms with van der Waals surface area (Å²) >= 11 is 0. The van der Waals surface area contributed by atoms with Gasteiger partial charge in [-0.15, -0.1) is 0 Å². The highest BCUT2D eigenvalue weighted by Gasteiger charge is 2.06. The molecule has 52 valence electrons. The number of hydrogen-bond donors (Lipinski definition) is 1. The van der Waals surface area contributed by atoms with Crippen LogP contribution in [-0.2, 0) is 6.42 Å². The second-order valence-corrected chi connectivity index (χ2v) is 2.62. The molecule has 1 aromatic rings. The molecule has 0 fully saturated rings. The molecule has 0 spiro atoms. The van der Waals surface area contributed by atoms with E-state index in [1.807, 2.05) is 6.92 Å². The SMILES string of the molecule is Cc1nc2c([nH]1)C=CCC2. The number of nitrogens with zero attached hydrogens (tertiary/aromatic N) is 1. The summed E-state index contributed by atoms with van der Waals surface area (Å²) in [4.78, 5) is 7.54. The maximum Gasteiger partial charge on any atom is 0.103 e. The molecular formula is C8H10N2. The van der Waals surface area contributed by atoms with Crippen molar-refractivity contribution in [1.29, 1.82) is 0 Å². The fraction of sp³-hybridized carbons (Fsp3) is 0.375. The van der Waals surface area contributed by atoms with Crippen LogP contribution in [0.3, 0.4) is 0 Å². The van der Waals surface area contributed by atoms with Gasteiger partial charge in [0.1, 0.15) is 5.82 Å². The van der Waals surface area contributed by atoms with Crippen molar-refractivity contribution in [3.8, 4) is 0 Å². The summed E-state index contributed by atoms with van der Waals surface area (Å²) in [6.07, 6.45) is 6.52. The van der Waals surface area contributed by atoms with E-state index in [0.29, 0.717) is 0 Å². The van der Waals surface area contributed by atoms with Crippen LogP contribution in [0.25, 0.3) is 6.08 Å². The van der Waals surface area contributed by atoms with Crippen molar-refractivity contribution in [2.24, 2.45) is 0 Å². The fourth-order valence-electron chi connectivity index (χ4n) is 1.31. The van der Waals surface area contributed by atoms with E-state index < -0.39 is 0 Å². The van der Waals surface area contributed by atoms with Crippen molar-refractivity contribution in [3.05, 3.63) is 23.3 Å². The van der Waals surface area contributed by atoms with Gasteiger partial charge in [-0.2, -0.15) is 0 Å². The topological polar surface area (TPSA) is 28.7 Å². The molecule has 1 N–H and O–H groups in total. The molecule has 1 aliphatic rings. The van der Waals surface area contributed by atoms with Gasteiger partial charge in [-0.05, 0) is 25.8 Å². The number of imidazole rings is 1.